The Bertz CT molecular complexity index is 820. The van der Waals surface area contributed by atoms with Crippen LogP contribution in [0.3, 0.4) is 0 Å². The predicted octanol–water partition coefficient (Wildman–Crippen LogP) is 3.16. The number of esters is 1. The number of carbonyl (C=O) groups is 2. The molecule has 1 aromatic carbocycles. The Morgan fingerprint density at radius 3 is 2.33 bits per heavy atom. The average Bonchev–Trinajstić information content (AvgIpc) is 2.59. The summed E-state index contributed by atoms with van der Waals surface area (Å²) in [5, 5.41) is 13.3. The summed E-state index contributed by atoms with van der Waals surface area (Å²) in [5.41, 5.74) is -0.906. The lowest BCUT2D eigenvalue weighted by molar-refractivity contribution is -0.605. The van der Waals surface area contributed by atoms with Gasteiger partial charge < -0.3 is 15.3 Å². The summed E-state index contributed by atoms with van der Waals surface area (Å²) in [6.45, 7) is 3.25. The lowest BCUT2D eigenvalue weighted by atomic mass is 10.1. The van der Waals surface area contributed by atoms with Gasteiger partial charge in [-0.3, -0.25) is 4.79 Å². The number of amides is 1. The Morgan fingerprint density at radius 1 is 1.15 bits per heavy atom. The summed E-state index contributed by atoms with van der Waals surface area (Å²) in [7, 11) is 0. The van der Waals surface area contributed by atoms with Crippen molar-refractivity contribution in [1.82, 2.24) is 0 Å². The Morgan fingerprint density at radius 2 is 1.78 bits per heavy atom. The predicted molar refractivity (Wildman–Crippen MR) is 89.5 cm³/mol. The van der Waals surface area contributed by atoms with E-state index in [0.717, 1.165) is 30.6 Å². The third-order valence-electron chi connectivity index (χ3n) is 3.59. The first-order valence-corrected chi connectivity index (χ1v) is 7.96. The zero-order valence-corrected chi connectivity index (χ0v) is 14.5. The maximum Gasteiger partial charge on any atom is 0.416 e. The largest absolute Gasteiger partial charge is 0.619 e. The lowest BCUT2D eigenvalue weighted by Crippen LogP contribution is -2.37. The molecule has 6 nitrogen and oxygen atoms in total. The standard InChI is InChI=1S/C18H17F3N2O4/c1-11(2)15(27-17(25)12-6-8-23(26)9-7-12)16(24)22-14-5-3-4-13(10-14)18(19,20)21/h3-11,15H,1-2H3,(H,22,24)/t15-/m1/s1. The van der Waals surface area contributed by atoms with Crippen LogP contribution in [-0.4, -0.2) is 18.0 Å². The van der Waals surface area contributed by atoms with Crippen LogP contribution in [0, 0.1) is 11.1 Å². The van der Waals surface area contributed by atoms with Crippen LogP contribution in [0.5, 0.6) is 0 Å². The second-order valence-electron chi connectivity index (χ2n) is 6.08. The molecule has 1 atom stereocenters. The molecule has 1 amide bonds. The molecule has 2 rings (SSSR count). The van der Waals surface area contributed by atoms with Crippen molar-refractivity contribution in [2.24, 2.45) is 5.92 Å². The number of anilines is 1. The van der Waals surface area contributed by atoms with Crippen LogP contribution < -0.4 is 10.0 Å². The monoisotopic (exact) mass is 382 g/mol. The van der Waals surface area contributed by atoms with Crippen LogP contribution in [0.25, 0.3) is 0 Å². The molecule has 0 saturated heterocycles. The number of hydrogen-bond acceptors (Lipinski definition) is 4. The van der Waals surface area contributed by atoms with E-state index in [1.807, 2.05) is 0 Å². The van der Waals surface area contributed by atoms with E-state index < -0.39 is 35.6 Å². The van der Waals surface area contributed by atoms with Gasteiger partial charge in [-0.05, 0) is 24.1 Å². The molecule has 1 heterocycles. The number of ether oxygens (including phenoxy) is 1. The van der Waals surface area contributed by atoms with Gasteiger partial charge >= 0.3 is 12.1 Å². The number of rotatable bonds is 5. The van der Waals surface area contributed by atoms with Gasteiger partial charge in [0.15, 0.2) is 18.5 Å². The first kappa shape index (κ1) is 20.2. The van der Waals surface area contributed by atoms with Crippen LogP contribution in [0.4, 0.5) is 18.9 Å². The molecule has 2 aromatic rings. The van der Waals surface area contributed by atoms with Crippen molar-refractivity contribution in [3.63, 3.8) is 0 Å². The highest BCUT2D eigenvalue weighted by molar-refractivity contribution is 5.97. The minimum absolute atomic E-state index is 0.0661. The number of halogens is 3. The molecule has 0 bridgehead atoms. The second-order valence-corrected chi connectivity index (χ2v) is 6.08. The molecule has 27 heavy (non-hydrogen) atoms. The Kier molecular flexibility index (Phi) is 6.04. The van der Waals surface area contributed by atoms with Crippen LogP contribution in [0.1, 0.15) is 29.8 Å². The van der Waals surface area contributed by atoms with Crippen molar-refractivity contribution >= 4 is 17.6 Å². The third-order valence-corrected chi connectivity index (χ3v) is 3.59. The normalized spacial score (nSPS) is 12.5. The summed E-state index contributed by atoms with van der Waals surface area (Å²) in [6.07, 6.45) is -3.57. The van der Waals surface area contributed by atoms with E-state index in [-0.39, 0.29) is 11.3 Å². The smallest absolute Gasteiger partial charge is 0.416 e. The van der Waals surface area contributed by atoms with Crippen molar-refractivity contribution in [2.45, 2.75) is 26.1 Å². The molecule has 0 unspecified atom stereocenters. The van der Waals surface area contributed by atoms with Crippen molar-refractivity contribution < 1.29 is 32.2 Å². The summed E-state index contributed by atoms with van der Waals surface area (Å²) < 4.78 is 44.0. The van der Waals surface area contributed by atoms with E-state index >= 15 is 0 Å². The van der Waals surface area contributed by atoms with Crippen molar-refractivity contribution in [1.29, 1.82) is 0 Å². The first-order valence-electron chi connectivity index (χ1n) is 7.96. The molecule has 0 spiro atoms. The van der Waals surface area contributed by atoms with E-state index in [1.165, 1.54) is 18.2 Å². The molecule has 0 radical (unpaired) electrons. The van der Waals surface area contributed by atoms with Gasteiger partial charge in [0.25, 0.3) is 5.91 Å². The van der Waals surface area contributed by atoms with E-state index in [2.05, 4.69) is 5.32 Å². The van der Waals surface area contributed by atoms with Crippen LogP contribution in [-0.2, 0) is 15.7 Å². The maximum absolute atomic E-state index is 12.8. The van der Waals surface area contributed by atoms with E-state index in [9.17, 15) is 28.0 Å². The Hall–Kier alpha value is -3.10. The highest BCUT2D eigenvalue weighted by Crippen LogP contribution is 2.30. The number of aromatic nitrogens is 1. The van der Waals surface area contributed by atoms with Gasteiger partial charge in [-0.1, -0.05) is 19.9 Å². The second kappa shape index (κ2) is 8.07. The Labute approximate surface area is 153 Å². The molecule has 144 valence electrons. The summed E-state index contributed by atoms with van der Waals surface area (Å²) >= 11 is 0. The van der Waals surface area contributed by atoms with E-state index in [0.29, 0.717) is 4.73 Å². The van der Waals surface area contributed by atoms with E-state index in [1.54, 1.807) is 13.8 Å². The van der Waals surface area contributed by atoms with Gasteiger partial charge in [0.1, 0.15) is 0 Å². The highest BCUT2D eigenvalue weighted by Gasteiger charge is 2.31. The van der Waals surface area contributed by atoms with Crippen molar-refractivity contribution in [3.05, 3.63) is 65.1 Å². The van der Waals surface area contributed by atoms with Crippen molar-refractivity contribution in [2.75, 3.05) is 5.32 Å². The van der Waals surface area contributed by atoms with E-state index in [4.69, 9.17) is 4.74 Å². The van der Waals surface area contributed by atoms with Gasteiger partial charge in [-0.2, -0.15) is 17.9 Å². The molecular weight excluding hydrogens is 365 g/mol. The maximum atomic E-state index is 12.8. The quantitative estimate of drug-likeness (QED) is 0.489. The first-order chi connectivity index (χ1) is 12.6. The number of nitrogens with one attached hydrogen (secondary N) is 1. The molecule has 0 aliphatic carbocycles. The molecule has 0 aliphatic heterocycles. The number of benzene rings is 1. The fraction of sp³-hybridized carbons (Fsp3) is 0.278. The van der Waals surface area contributed by atoms with Gasteiger partial charge in [-0.15, -0.1) is 0 Å². The number of nitrogens with zero attached hydrogens (tertiary/aromatic N) is 1. The number of hydrogen-bond donors (Lipinski definition) is 1. The van der Waals surface area contributed by atoms with Gasteiger partial charge in [0, 0.05) is 17.8 Å². The highest BCUT2D eigenvalue weighted by atomic mass is 19.4. The van der Waals surface area contributed by atoms with Gasteiger partial charge in [0.05, 0.1) is 11.1 Å². The summed E-state index contributed by atoms with van der Waals surface area (Å²) in [6, 6.07) is 6.61. The molecule has 0 aliphatic rings. The number of pyridine rings is 1. The van der Waals surface area contributed by atoms with Crippen LogP contribution >= 0.6 is 0 Å². The fourth-order valence-corrected chi connectivity index (χ4v) is 2.21. The molecule has 0 saturated carbocycles. The lowest BCUT2D eigenvalue weighted by Gasteiger charge is -2.21. The Balaban J connectivity index is 2.13. The minimum atomic E-state index is -4.55. The third kappa shape index (κ3) is 5.44. The number of carbonyl (C=O) groups excluding carboxylic acids is 2. The van der Waals surface area contributed by atoms with Crippen LogP contribution in [0.2, 0.25) is 0 Å². The average molecular weight is 382 g/mol. The summed E-state index contributed by atoms with van der Waals surface area (Å²) in [5.74, 6) is -2.02. The minimum Gasteiger partial charge on any atom is -0.619 e. The topological polar surface area (TPSA) is 82.3 Å². The van der Waals surface area contributed by atoms with Crippen LogP contribution in [0.15, 0.2) is 48.8 Å². The molecule has 9 heteroatoms. The van der Waals surface area contributed by atoms with Crippen molar-refractivity contribution in [3.8, 4) is 0 Å². The zero-order chi connectivity index (χ0) is 20.2. The fourth-order valence-electron chi connectivity index (χ4n) is 2.21. The van der Waals surface area contributed by atoms with Gasteiger partial charge in [-0.25, -0.2) is 4.79 Å². The molecular formula is C18H17F3N2O4. The number of alkyl halides is 3. The molecule has 1 aromatic heterocycles. The SMILES string of the molecule is CC(C)[C@@H](OC(=O)c1cc[n+]([O-])cc1)C(=O)Nc1cccc(C(F)(F)F)c1. The summed E-state index contributed by atoms with van der Waals surface area (Å²) in [4.78, 5) is 24.6. The van der Waals surface area contributed by atoms with Gasteiger partial charge in [0.2, 0.25) is 0 Å². The molecule has 1 N–H and O–H groups in total. The zero-order valence-electron chi connectivity index (χ0n) is 14.5. The molecule has 0 fully saturated rings.